The first-order valence-electron chi connectivity index (χ1n) is 13.7. The highest BCUT2D eigenvalue weighted by atomic mass is 35.5. The topological polar surface area (TPSA) is 29.5 Å². The van der Waals surface area contributed by atoms with Crippen LogP contribution in [0.2, 0.25) is 10.0 Å². The molecular weight excluding hydrogens is 532 g/mol. The molecule has 3 aromatic rings. The molecule has 0 bridgehead atoms. The van der Waals surface area contributed by atoms with Crippen LogP contribution in [0.5, 0.6) is 0 Å². The summed E-state index contributed by atoms with van der Waals surface area (Å²) in [6, 6.07) is 20.6. The number of nitrogens with zero attached hydrogens (tertiary/aromatic N) is 1. The van der Waals surface area contributed by atoms with E-state index in [1.807, 2.05) is 24.3 Å². The zero-order chi connectivity index (χ0) is 27.1. The standard InChI is InChI=1S/C33H32Cl2FNO2/c1-39-32(38)24-10-12-26-23(16-24)4-2-5-28(27-13-11-25(34)17-30(27)35)31(26)22-8-6-21(7-9-22)29-18-33(29)19-37(20-33)15-3-14-36/h6-13,16-17,29H,2-5,14-15,18-20H2,1H3. The van der Waals surface area contributed by atoms with Gasteiger partial charge in [0, 0.05) is 35.1 Å². The number of benzene rings is 3. The normalized spacial score (nSPS) is 19.8. The molecule has 1 unspecified atom stereocenters. The van der Waals surface area contributed by atoms with Gasteiger partial charge in [-0.25, -0.2) is 4.79 Å². The van der Waals surface area contributed by atoms with Gasteiger partial charge in [0.1, 0.15) is 0 Å². The second-order valence-electron chi connectivity index (χ2n) is 11.2. The number of methoxy groups -OCH3 is 1. The highest BCUT2D eigenvalue weighted by Crippen LogP contribution is 2.64. The molecule has 1 saturated heterocycles. The van der Waals surface area contributed by atoms with Crippen molar-refractivity contribution in [2.75, 3.05) is 33.4 Å². The lowest BCUT2D eigenvalue weighted by Crippen LogP contribution is -2.49. The fourth-order valence-corrected chi connectivity index (χ4v) is 7.22. The molecule has 3 nitrogen and oxygen atoms in total. The lowest BCUT2D eigenvalue weighted by molar-refractivity contribution is 0.0600. The van der Waals surface area contributed by atoms with Crippen LogP contribution in [0.3, 0.4) is 0 Å². The monoisotopic (exact) mass is 563 g/mol. The fourth-order valence-electron chi connectivity index (χ4n) is 6.70. The molecule has 2 fully saturated rings. The van der Waals surface area contributed by atoms with E-state index in [9.17, 15) is 9.18 Å². The van der Waals surface area contributed by atoms with E-state index in [0.29, 0.717) is 33.4 Å². The molecule has 6 rings (SSSR count). The summed E-state index contributed by atoms with van der Waals surface area (Å²) >= 11 is 13.0. The first kappa shape index (κ1) is 26.6. The van der Waals surface area contributed by atoms with E-state index in [1.165, 1.54) is 24.7 Å². The number of esters is 1. The van der Waals surface area contributed by atoms with Gasteiger partial charge in [-0.05, 0) is 101 Å². The minimum Gasteiger partial charge on any atom is -0.465 e. The number of carbonyl (C=O) groups is 1. The average Bonchev–Trinajstić information content (AvgIpc) is 3.70. The number of halogens is 3. The van der Waals surface area contributed by atoms with Crippen molar-refractivity contribution in [2.24, 2.45) is 5.41 Å². The van der Waals surface area contributed by atoms with Gasteiger partial charge in [-0.1, -0.05) is 59.6 Å². The maximum Gasteiger partial charge on any atom is 0.337 e. The van der Waals surface area contributed by atoms with Crippen LogP contribution in [0, 0.1) is 5.41 Å². The number of fused-ring (bicyclic) bond motifs is 1. The van der Waals surface area contributed by atoms with Crippen LogP contribution in [0.4, 0.5) is 4.39 Å². The van der Waals surface area contributed by atoms with Crippen molar-refractivity contribution in [1.82, 2.24) is 4.90 Å². The van der Waals surface area contributed by atoms with Crippen molar-refractivity contribution in [3.8, 4) is 0 Å². The Morgan fingerprint density at radius 2 is 1.79 bits per heavy atom. The number of carbonyl (C=O) groups excluding carboxylic acids is 1. The molecule has 6 heteroatoms. The summed E-state index contributed by atoms with van der Waals surface area (Å²) in [7, 11) is 1.41. The minimum atomic E-state index is -0.324. The number of hydrogen-bond donors (Lipinski definition) is 0. The second kappa shape index (κ2) is 10.7. The molecule has 1 atom stereocenters. The van der Waals surface area contributed by atoms with Crippen LogP contribution < -0.4 is 0 Å². The third kappa shape index (κ3) is 5.03. The third-order valence-electron chi connectivity index (χ3n) is 8.70. The van der Waals surface area contributed by atoms with Gasteiger partial charge in [-0.3, -0.25) is 4.39 Å². The van der Waals surface area contributed by atoms with Gasteiger partial charge in [0.15, 0.2) is 0 Å². The van der Waals surface area contributed by atoms with Crippen molar-refractivity contribution in [1.29, 1.82) is 0 Å². The van der Waals surface area contributed by atoms with Crippen molar-refractivity contribution < 1.29 is 13.9 Å². The zero-order valence-corrected chi connectivity index (χ0v) is 23.6. The lowest BCUT2D eigenvalue weighted by Gasteiger charge is -2.41. The molecule has 2 aliphatic carbocycles. The van der Waals surface area contributed by atoms with Crippen LogP contribution in [-0.4, -0.2) is 44.3 Å². The Kier molecular flexibility index (Phi) is 7.30. The van der Waals surface area contributed by atoms with Gasteiger partial charge in [-0.15, -0.1) is 0 Å². The first-order valence-corrected chi connectivity index (χ1v) is 14.5. The summed E-state index contributed by atoms with van der Waals surface area (Å²) in [6.45, 7) is 2.80. The predicted molar refractivity (Wildman–Crippen MR) is 156 cm³/mol. The quantitative estimate of drug-likeness (QED) is 0.271. The van der Waals surface area contributed by atoms with Gasteiger partial charge in [0.2, 0.25) is 0 Å². The Hall–Kier alpha value is -2.66. The summed E-state index contributed by atoms with van der Waals surface area (Å²) in [5.41, 5.74) is 9.08. The van der Waals surface area contributed by atoms with Gasteiger partial charge in [0.05, 0.1) is 19.3 Å². The lowest BCUT2D eigenvalue weighted by atomic mass is 9.86. The van der Waals surface area contributed by atoms with Crippen LogP contribution >= 0.6 is 23.2 Å². The summed E-state index contributed by atoms with van der Waals surface area (Å²) in [5.74, 6) is 0.256. The van der Waals surface area contributed by atoms with Crippen LogP contribution in [0.15, 0.2) is 60.7 Å². The SMILES string of the molecule is COC(=O)c1ccc2c(c1)CCCC(c1ccc(Cl)cc1Cl)=C2c1ccc(C2CC23CN(CCCF)C3)cc1. The first-order chi connectivity index (χ1) is 18.9. The molecule has 1 heterocycles. The Morgan fingerprint density at radius 3 is 2.51 bits per heavy atom. The van der Waals surface area contributed by atoms with Gasteiger partial charge in [-0.2, -0.15) is 0 Å². The van der Waals surface area contributed by atoms with Gasteiger partial charge in [0.25, 0.3) is 0 Å². The summed E-state index contributed by atoms with van der Waals surface area (Å²) in [4.78, 5) is 14.7. The Bertz CT molecular complexity index is 1440. The van der Waals surface area contributed by atoms with Crippen molar-refractivity contribution >= 4 is 40.3 Å². The van der Waals surface area contributed by atoms with E-state index < -0.39 is 0 Å². The maximum atomic E-state index is 12.6. The van der Waals surface area contributed by atoms with E-state index in [-0.39, 0.29) is 12.6 Å². The van der Waals surface area contributed by atoms with Crippen LogP contribution in [0.25, 0.3) is 11.1 Å². The molecule has 1 spiro atoms. The molecule has 1 aliphatic heterocycles. The molecule has 1 saturated carbocycles. The number of allylic oxidation sites excluding steroid dienone is 1. The smallest absolute Gasteiger partial charge is 0.337 e. The van der Waals surface area contributed by atoms with E-state index in [2.05, 4.69) is 35.2 Å². The number of aryl methyl sites for hydroxylation is 1. The Balaban J connectivity index is 1.37. The largest absolute Gasteiger partial charge is 0.465 e. The van der Waals surface area contributed by atoms with E-state index in [0.717, 1.165) is 66.7 Å². The van der Waals surface area contributed by atoms with Gasteiger partial charge < -0.3 is 9.64 Å². The van der Waals surface area contributed by atoms with Crippen LogP contribution in [0.1, 0.15) is 69.8 Å². The van der Waals surface area contributed by atoms with E-state index >= 15 is 0 Å². The van der Waals surface area contributed by atoms with E-state index in [1.54, 1.807) is 6.07 Å². The van der Waals surface area contributed by atoms with Crippen molar-refractivity contribution in [3.63, 3.8) is 0 Å². The Morgan fingerprint density at radius 1 is 1.03 bits per heavy atom. The number of likely N-dealkylation sites (tertiary alicyclic amines) is 1. The highest BCUT2D eigenvalue weighted by Gasteiger charge is 2.61. The van der Waals surface area contributed by atoms with Crippen molar-refractivity contribution in [3.05, 3.63) is 104 Å². The molecule has 39 heavy (non-hydrogen) atoms. The number of ether oxygens (including phenoxy) is 1. The number of hydrogen-bond acceptors (Lipinski definition) is 3. The molecular formula is C33H32Cl2FNO2. The van der Waals surface area contributed by atoms with Crippen molar-refractivity contribution in [2.45, 2.75) is 38.0 Å². The number of alkyl halides is 1. The predicted octanol–water partition coefficient (Wildman–Crippen LogP) is 8.22. The average molecular weight is 565 g/mol. The zero-order valence-electron chi connectivity index (χ0n) is 22.1. The van der Waals surface area contributed by atoms with Crippen LogP contribution in [-0.2, 0) is 11.2 Å². The molecule has 3 aliphatic rings. The highest BCUT2D eigenvalue weighted by molar-refractivity contribution is 6.36. The third-order valence-corrected chi connectivity index (χ3v) is 9.25. The second-order valence-corrected chi connectivity index (χ2v) is 12.0. The van der Waals surface area contributed by atoms with Gasteiger partial charge >= 0.3 is 5.97 Å². The summed E-state index contributed by atoms with van der Waals surface area (Å²) in [6.07, 6.45) is 4.51. The molecule has 0 N–H and O–H groups in total. The van der Waals surface area contributed by atoms with E-state index in [4.69, 9.17) is 27.9 Å². The summed E-state index contributed by atoms with van der Waals surface area (Å²) in [5, 5.41) is 1.26. The molecule has 0 amide bonds. The maximum absolute atomic E-state index is 12.6. The Labute approximate surface area is 239 Å². The fraction of sp³-hybridized carbons (Fsp3) is 0.364. The molecule has 3 aromatic carbocycles. The number of rotatable bonds is 7. The molecule has 0 aromatic heterocycles. The summed E-state index contributed by atoms with van der Waals surface area (Å²) < 4.78 is 17.5. The minimum absolute atomic E-state index is 0.236. The molecule has 202 valence electrons. The molecule has 0 radical (unpaired) electrons.